The highest BCUT2D eigenvalue weighted by atomic mass is 32.2. The van der Waals surface area contributed by atoms with Gasteiger partial charge in [0.05, 0.1) is 25.7 Å². The summed E-state index contributed by atoms with van der Waals surface area (Å²) in [4.78, 5) is 13.0. The number of rotatable bonds is 9. The summed E-state index contributed by atoms with van der Waals surface area (Å²) in [6.07, 6.45) is 0. The minimum atomic E-state index is -0.379. The molecule has 1 N–H and O–H groups in total. The van der Waals surface area contributed by atoms with Crippen LogP contribution in [0.5, 0.6) is 11.5 Å². The number of tetrazole rings is 1. The minimum absolute atomic E-state index is 0.00544. The molecule has 0 saturated heterocycles. The van der Waals surface area contributed by atoms with Gasteiger partial charge in [-0.1, -0.05) is 42.1 Å². The zero-order chi connectivity index (χ0) is 27.2. The number of para-hydroxylation sites is 1. The highest BCUT2D eigenvalue weighted by Crippen LogP contribution is 2.42. The van der Waals surface area contributed by atoms with E-state index in [2.05, 4.69) is 26.9 Å². The molecule has 0 bridgehead atoms. The molecule has 0 unspecified atom stereocenters. The van der Waals surface area contributed by atoms with Crippen LogP contribution >= 0.6 is 11.8 Å². The summed E-state index contributed by atoms with van der Waals surface area (Å²) in [5.74, 6) is 1.47. The lowest BCUT2D eigenvalue weighted by molar-refractivity contribution is -0.113. The van der Waals surface area contributed by atoms with E-state index in [4.69, 9.17) is 13.9 Å². The molecule has 0 fully saturated rings. The summed E-state index contributed by atoms with van der Waals surface area (Å²) in [5.41, 5.74) is 2.99. The van der Waals surface area contributed by atoms with Gasteiger partial charge in [-0.15, -0.1) is 5.10 Å². The predicted octanol–water partition coefficient (Wildman–Crippen LogP) is 5.21. The number of nitrogens with one attached hydrogen (secondary N) is 1. The Labute approximate surface area is 228 Å². The van der Waals surface area contributed by atoms with Crippen molar-refractivity contribution in [3.05, 3.63) is 84.4 Å². The van der Waals surface area contributed by atoms with Crippen LogP contribution in [0.15, 0.2) is 88.4 Å². The third-order valence-corrected chi connectivity index (χ3v) is 6.70. The van der Waals surface area contributed by atoms with E-state index in [0.717, 1.165) is 28.6 Å². The quantitative estimate of drug-likeness (QED) is 0.252. The van der Waals surface area contributed by atoms with E-state index in [0.29, 0.717) is 28.0 Å². The first kappa shape index (κ1) is 25.6. The molecular weight excluding hydrogens is 516 g/mol. The maximum atomic E-state index is 13.0. The van der Waals surface area contributed by atoms with Crippen LogP contribution in [0, 0.1) is 11.3 Å². The molecule has 0 aliphatic rings. The predicted molar refractivity (Wildman–Crippen MR) is 146 cm³/mol. The first-order valence-corrected chi connectivity index (χ1v) is 12.7. The number of methoxy groups -OCH3 is 2. The Morgan fingerprint density at radius 3 is 2.23 bits per heavy atom. The average Bonchev–Trinajstić information content (AvgIpc) is 3.61. The van der Waals surface area contributed by atoms with Gasteiger partial charge < -0.3 is 13.9 Å². The SMILES string of the molecule is COc1ccc(-c2oc(NC(=O)CSc3nnnn3-c3ccccc3)c(C#N)c2-c2ccc(OC)cc2)cc1. The molecule has 3 aromatic carbocycles. The minimum Gasteiger partial charge on any atom is -0.497 e. The summed E-state index contributed by atoms with van der Waals surface area (Å²) in [6.45, 7) is 0. The lowest BCUT2D eigenvalue weighted by Gasteiger charge is -2.06. The third kappa shape index (κ3) is 5.46. The summed E-state index contributed by atoms with van der Waals surface area (Å²) < 4.78 is 18.2. The Balaban J connectivity index is 1.44. The standard InChI is InChI=1S/C28H22N6O4S/c1-36-21-12-8-18(9-13-21)25-23(16-29)27(38-26(25)19-10-14-22(37-2)15-11-19)30-24(35)17-39-28-31-32-33-34(28)20-6-4-3-5-7-20/h3-15H,17H2,1-2H3,(H,30,35). The number of hydrogen-bond donors (Lipinski definition) is 1. The second-order valence-electron chi connectivity index (χ2n) is 8.12. The molecular formula is C28H22N6O4S. The van der Waals surface area contributed by atoms with E-state index in [1.165, 1.54) is 0 Å². The lowest BCUT2D eigenvalue weighted by atomic mass is 9.98. The number of aromatic nitrogens is 4. The summed E-state index contributed by atoms with van der Waals surface area (Å²) in [5, 5.41) is 25.1. The highest BCUT2D eigenvalue weighted by molar-refractivity contribution is 7.99. The van der Waals surface area contributed by atoms with Crippen molar-refractivity contribution >= 4 is 23.6 Å². The van der Waals surface area contributed by atoms with Gasteiger partial charge in [-0.2, -0.15) is 9.94 Å². The molecule has 0 aliphatic carbocycles. The van der Waals surface area contributed by atoms with Crippen LogP contribution in [0.2, 0.25) is 0 Å². The Morgan fingerprint density at radius 2 is 1.62 bits per heavy atom. The zero-order valence-corrected chi connectivity index (χ0v) is 21.8. The van der Waals surface area contributed by atoms with Crippen molar-refractivity contribution in [2.75, 3.05) is 25.3 Å². The molecule has 194 valence electrons. The van der Waals surface area contributed by atoms with Crippen LogP contribution in [0.3, 0.4) is 0 Å². The van der Waals surface area contributed by atoms with Crippen molar-refractivity contribution < 1.29 is 18.7 Å². The van der Waals surface area contributed by atoms with E-state index < -0.39 is 0 Å². The van der Waals surface area contributed by atoms with Gasteiger partial charge in [0.25, 0.3) is 0 Å². The van der Waals surface area contributed by atoms with Gasteiger partial charge in [0.15, 0.2) is 0 Å². The van der Waals surface area contributed by atoms with Crippen molar-refractivity contribution in [1.82, 2.24) is 20.2 Å². The van der Waals surface area contributed by atoms with E-state index in [1.807, 2.05) is 54.6 Å². The summed E-state index contributed by atoms with van der Waals surface area (Å²) in [6, 6.07) is 26.1. The van der Waals surface area contributed by atoms with Crippen LogP contribution in [0.25, 0.3) is 28.1 Å². The van der Waals surface area contributed by atoms with E-state index in [9.17, 15) is 10.1 Å². The second-order valence-corrected chi connectivity index (χ2v) is 9.07. The van der Waals surface area contributed by atoms with Crippen molar-refractivity contribution in [1.29, 1.82) is 5.26 Å². The summed E-state index contributed by atoms with van der Waals surface area (Å²) in [7, 11) is 3.17. The number of amides is 1. The van der Waals surface area contributed by atoms with E-state index in [1.54, 1.807) is 43.2 Å². The molecule has 0 saturated carbocycles. The molecule has 2 aromatic heterocycles. The molecule has 5 aromatic rings. The highest BCUT2D eigenvalue weighted by Gasteiger charge is 2.25. The number of benzene rings is 3. The van der Waals surface area contributed by atoms with Gasteiger partial charge in [0.1, 0.15) is 28.9 Å². The molecule has 11 heteroatoms. The molecule has 0 radical (unpaired) electrons. The van der Waals surface area contributed by atoms with Gasteiger partial charge in [0.2, 0.25) is 16.9 Å². The lowest BCUT2D eigenvalue weighted by Crippen LogP contribution is -2.15. The summed E-state index contributed by atoms with van der Waals surface area (Å²) >= 11 is 1.16. The zero-order valence-electron chi connectivity index (χ0n) is 21.0. The Morgan fingerprint density at radius 1 is 0.974 bits per heavy atom. The number of carbonyl (C=O) groups is 1. The largest absolute Gasteiger partial charge is 0.497 e. The number of furan rings is 1. The van der Waals surface area contributed by atoms with E-state index in [-0.39, 0.29) is 23.1 Å². The average molecular weight is 539 g/mol. The fourth-order valence-corrected chi connectivity index (χ4v) is 4.59. The smallest absolute Gasteiger partial charge is 0.237 e. The molecule has 1 amide bonds. The number of anilines is 1. The van der Waals surface area contributed by atoms with Gasteiger partial charge in [0, 0.05) is 11.1 Å². The fraction of sp³-hybridized carbons (Fsp3) is 0.107. The molecule has 0 atom stereocenters. The number of carbonyl (C=O) groups excluding carboxylic acids is 1. The molecule has 0 spiro atoms. The molecule has 5 rings (SSSR count). The van der Waals surface area contributed by atoms with Crippen molar-refractivity contribution in [3.8, 4) is 45.7 Å². The normalized spacial score (nSPS) is 10.6. The number of hydrogen-bond acceptors (Lipinski definition) is 9. The molecule has 39 heavy (non-hydrogen) atoms. The number of nitriles is 1. The van der Waals surface area contributed by atoms with Gasteiger partial charge in [-0.25, -0.2) is 0 Å². The van der Waals surface area contributed by atoms with E-state index >= 15 is 0 Å². The van der Waals surface area contributed by atoms with Crippen molar-refractivity contribution in [3.63, 3.8) is 0 Å². The number of nitrogens with zero attached hydrogens (tertiary/aromatic N) is 5. The van der Waals surface area contributed by atoms with Crippen LogP contribution in [0.4, 0.5) is 5.88 Å². The third-order valence-electron chi connectivity index (χ3n) is 5.78. The Kier molecular flexibility index (Phi) is 7.56. The maximum Gasteiger partial charge on any atom is 0.237 e. The second kappa shape index (κ2) is 11.5. The van der Waals surface area contributed by atoms with Gasteiger partial charge in [-0.3, -0.25) is 10.1 Å². The maximum absolute atomic E-state index is 13.0. The first-order chi connectivity index (χ1) is 19.1. The number of thioether (sulfide) groups is 1. The monoisotopic (exact) mass is 538 g/mol. The van der Waals surface area contributed by atoms with Crippen molar-refractivity contribution in [2.24, 2.45) is 0 Å². The molecule has 0 aliphatic heterocycles. The van der Waals surface area contributed by atoms with Crippen molar-refractivity contribution in [2.45, 2.75) is 5.16 Å². The first-order valence-electron chi connectivity index (χ1n) is 11.7. The molecule has 2 heterocycles. The van der Waals surface area contributed by atoms with Crippen LogP contribution in [-0.2, 0) is 4.79 Å². The fourth-order valence-electron chi connectivity index (χ4n) is 3.90. The van der Waals surface area contributed by atoms with Gasteiger partial charge in [-0.05, 0) is 64.5 Å². The Bertz CT molecular complexity index is 1620. The number of ether oxygens (including phenoxy) is 2. The Hall–Kier alpha value is -5.08. The van der Waals surface area contributed by atoms with Crippen LogP contribution in [-0.4, -0.2) is 46.1 Å². The van der Waals surface area contributed by atoms with Gasteiger partial charge >= 0.3 is 0 Å². The molecule has 10 nitrogen and oxygen atoms in total. The topological polar surface area (TPSA) is 128 Å². The van der Waals surface area contributed by atoms with Crippen LogP contribution < -0.4 is 14.8 Å². The van der Waals surface area contributed by atoms with Crippen LogP contribution in [0.1, 0.15) is 5.56 Å².